The molecule has 0 aliphatic carbocycles. The molecule has 20 heavy (non-hydrogen) atoms. The number of carbonyl (C=O) groups is 1. The molecule has 0 N–H and O–H groups in total. The zero-order chi connectivity index (χ0) is 14.1. The van der Waals surface area contributed by atoms with Gasteiger partial charge in [-0.3, -0.25) is 14.6 Å². The minimum atomic E-state index is 0.0757. The van der Waals surface area contributed by atoms with E-state index < -0.39 is 0 Å². The van der Waals surface area contributed by atoms with Crippen LogP contribution < -0.4 is 0 Å². The molecular formula is C17H24N2O. The second-order valence-electron chi connectivity index (χ2n) is 6.51. The average Bonchev–Trinajstić information content (AvgIpc) is 2.47. The van der Waals surface area contributed by atoms with Crippen LogP contribution in [0.25, 0.3) is 0 Å². The Hall–Kier alpha value is -1.19. The van der Waals surface area contributed by atoms with Gasteiger partial charge >= 0.3 is 0 Å². The first-order valence-electron chi connectivity index (χ1n) is 7.73. The van der Waals surface area contributed by atoms with Gasteiger partial charge in [0.15, 0.2) is 5.78 Å². The molecule has 3 nitrogen and oxygen atoms in total. The van der Waals surface area contributed by atoms with Crippen LogP contribution in [-0.2, 0) is 6.42 Å². The average molecular weight is 272 g/mol. The van der Waals surface area contributed by atoms with Gasteiger partial charge in [-0.1, -0.05) is 32.0 Å². The van der Waals surface area contributed by atoms with Crippen LogP contribution in [0.2, 0.25) is 0 Å². The molecule has 0 amide bonds. The summed E-state index contributed by atoms with van der Waals surface area (Å²) in [6, 6.07) is 8.31. The topological polar surface area (TPSA) is 23.6 Å². The number of piperazine rings is 3. The number of rotatable bonds is 4. The molecule has 1 unspecified atom stereocenters. The number of Topliss-reactive ketones (excluding diaryl/α,β-unsaturated/α-hetero) is 1. The van der Waals surface area contributed by atoms with E-state index in [1.54, 1.807) is 0 Å². The maximum atomic E-state index is 12.8. The lowest BCUT2D eigenvalue weighted by Crippen LogP contribution is -2.63. The first-order chi connectivity index (χ1) is 9.63. The van der Waals surface area contributed by atoms with E-state index in [1.165, 1.54) is 5.56 Å². The molecule has 1 atom stereocenters. The summed E-state index contributed by atoms with van der Waals surface area (Å²) in [5, 5.41) is 0. The van der Waals surface area contributed by atoms with Crippen LogP contribution in [0.5, 0.6) is 0 Å². The van der Waals surface area contributed by atoms with Crippen molar-refractivity contribution >= 4 is 5.78 Å². The molecule has 3 heteroatoms. The largest absolute Gasteiger partial charge is 0.299 e. The number of benzene rings is 1. The highest BCUT2D eigenvalue weighted by Gasteiger charge is 2.36. The second kappa shape index (κ2) is 5.66. The highest BCUT2D eigenvalue weighted by molar-refractivity contribution is 6.00. The summed E-state index contributed by atoms with van der Waals surface area (Å²) in [5.74, 6) is 0.931. The van der Waals surface area contributed by atoms with Gasteiger partial charge < -0.3 is 0 Å². The molecule has 1 aromatic rings. The van der Waals surface area contributed by atoms with Crippen LogP contribution in [0.1, 0.15) is 29.8 Å². The molecule has 3 heterocycles. The van der Waals surface area contributed by atoms with Crippen LogP contribution in [0.3, 0.4) is 0 Å². The Morgan fingerprint density at radius 3 is 2.60 bits per heavy atom. The normalized spacial score (nSPS) is 28.9. The lowest BCUT2D eigenvalue weighted by molar-refractivity contribution is 0.0159. The Balaban J connectivity index is 1.77. The summed E-state index contributed by atoms with van der Waals surface area (Å²) in [6.45, 7) is 9.67. The van der Waals surface area contributed by atoms with E-state index in [1.807, 2.05) is 12.1 Å². The van der Waals surface area contributed by atoms with Gasteiger partial charge in [0.1, 0.15) is 0 Å². The number of carbonyl (C=O) groups excluding carboxylic acids is 1. The standard InChI is InChI=1S/C17H24N2O/c1-13(2)10-14-4-3-5-15(11-14)17(20)16-12-18-6-8-19(16)9-7-18/h3-5,11,13,16H,6-10,12H2,1-2H3. The predicted octanol–water partition coefficient (Wildman–Crippen LogP) is 2.07. The molecule has 3 aliphatic heterocycles. The van der Waals surface area contributed by atoms with Crippen LogP contribution in [-0.4, -0.2) is 54.3 Å². The molecule has 0 aromatic heterocycles. The molecule has 3 fully saturated rings. The van der Waals surface area contributed by atoms with Gasteiger partial charge in [0, 0.05) is 38.3 Å². The maximum absolute atomic E-state index is 12.8. The summed E-state index contributed by atoms with van der Waals surface area (Å²) in [6.07, 6.45) is 1.04. The van der Waals surface area contributed by atoms with Crippen LogP contribution >= 0.6 is 0 Å². The minimum absolute atomic E-state index is 0.0757. The van der Waals surface area contributed by atoms with Gasteiger partial charge in [-0.05, 0) is 24.0 Å². The third-order valence-corrected chi connectivity index (χ3v) is 4.44. The van der Waals surface area contributed by atoms with Gasteiger partial charge in [-0.15, -0.1) is 0 Å². The fourth-order valence-electron chi connectivity index (χ4n) is 3.38. The van der Waals surface area contributed by atoms with E-state index in [0.29, 0.717) is 11.7 Å². The molecule has 4 rings (SSSR count). The van der Waals surface area contributed by atoms with E-state index >= 15 is 0 Å². The minimum Gasteiger partial charge on any atom is -0.299 e. The van der Waals surface area contributed by atoms with Crippen molar-refractivity contribution in [1.29, 1.82) is 0 Å². The van der Waals surface area contributed by atoms with Gasteiger partial charge in [0.2, 0.25) is 0 Å². The first kappa shape index (κ1) is 13.8. The molecule has 0 saturated carbocycles. The first-order valence-corrected chi connectivity index (χ1v) is 7.73. The third kappa shape index (κ3) is 2.79. The molecule has 3 saturated heterocycles. The Labute approximate surface area is 121 Å². The smallest absolute Gasteiger partial charge is 0.181 e. The van der Waals surface area contributed by atoms with Gasteiger partial charge in [0.25, 0.3) is 0 Å². The highest BCUT2D eigenvalue weighted by atomic mass is 16.1. The summed E-state index contributed by atoms with van der Waals surface area (Å²) < 4.78 is 0. The van der Waals surface area contributed by atoms with E-state index in [2.05, 4.69) is 35.8 Å². The Kier molecular flexibility index (Phi) is 3.90. The molecule has 0 spiro atoms. The predicted molar refractivity (Wildman–Crippen MR) is 81.1 cm³/mol. The van der Waals surface area contributed by atoms with E-state index in [4.69, 9.17) is 0 Å². The summed E-state index contributed by atoms with van der Waals surface area (Å²) in [4.78, 5) is 17.5. The number of hydrogen-bond acceptors (Lipinski definition) is 3. The molecule has 3 aliphatic rings. The molecule has 0 radical (unpaired) electrons. The molecule has 2 bridgehead atoms. The third-order valence-electron chi connectivity index (χ3n) is 4.44. The van der Waals surface area contributed by atoms with Crippen LogP contribution in [0.15, 0.2) is 24.3 Å². The van der Waals surface area contributed by atoms with Crippen molar-refractivity contribution in [3.05, 3.63) is 35.4 Å². The van der Waals surface area contributed by atoms with Crippen molar-refractivity contribution in [2.75, 3.05) is 32.7 Å². The lowest BCUT2D eigenvalue weighted by Gasteiger charge is -2.46. The Morgan fingerprint density at radius 2 is 2.00 bits per heavy atom. The van der Waals surface area contributed by atoms with Gasteiger partial charge in [-0.25, -0.2) is 0 Å². The van der Waals surface area contributed by atoms with E-state index in [-0.39, 0.29) is 6.04 Å². The summed E-state index contributed by atoms with van der Waals surface area (Å²) >= 11 is 0. The quantitative estimate of drug-likeness (QED) is 0.784. The number of fused-ring (bicyclic) bond motifs is 3. The Morgan fingerprint density at radius 1 is 1.25 bits per heavy atom. The molecule has 1 aromatic carbocycles. The van der Waals surface area contributed by atoms with Crippen LogP contribution in [0.4, 0.5) is 0 Å². The zero-order valence-corrected chi connectivity index (χ0v) is 12.5. The number of hydrogen-bond donors (Lipinski definition) is 0. The van der Waals surface area contributed by atoms with Crippen molar-refractivity contribution in [2.24, 2.45) is 5.92 Å². The lowest BCUT2D eigenvalue weighted by atomic mass is 9.95. The second-order valence-corrected chi connectivity index (χ2v) is 6.51. The maximum Gasteiger partial charge on any atom is 0.181 e. The fraction of sp³-hybridized carbons (Fsp3) is 0.588. The summed E-state index contributed by atoms with van der Waals surface area (Å²) in [5.41, 5.74) is 2.17. The SMILES string of the molecule is CC(C)Cc1cccc(C(=O)C2CN3CCN2CC3)c1. The number of ketones is 1. The van der Waals surface area contributed by atoms with Crippen molar-refractivity contribution in [1.82, 2.24) is 9.80 Å². The van der Waals surface area contributed by atoms with Crippen molar-refractivity contribution in [2.45, 2.75) is 26.3 Å². The Bertz CT molecular complexity index is 490. The molecular weight excluding hydrogens is 248 g/mol. The monoisotopic (exact) mass is 272 g/mol. The van der Waals surface area contributed by atoms with E-state index in [9.17, 15) is 4.79 Å². The highest BCUT2D eigenvalue weighted by Crippen LogP contribution is 2.20. The fourth-order valence-corrected chi connectivity index (χ4v) is 3.38. The molecule has 108 valence electrons. The van der Waals surface area contributed by atoms with Crippen molar-refractivity contribution in [3.8, 4) is 0 Å². The van der Waals surface area contributed by atoms with Gasteiger partial charge in [-0.2, -0.15) is 0 Å². The summed E-state index contributed by atoms with van der Waals surface area (Å²) in [7, 11) is 0. The van der Waals surface area contributed by atoms with Crippen molar-refractivity contribution < 1.29 is 4.79 Å². The number of nitrogens with zero attached hydrogens (tertiary/aromatic N) is 2. The van der Waals surface area contributed by atoms with Crippen molar-refractivity contribution in [3.63, 3.8) is 0 Å². The zero-order valence-electron chi connectivity index (χ0n) is 12.5. The van der Waals surface area contributed by atoms with Gasteiger partial charge in [0.05, 0.1) is 6.04 Å². The van der Waals surface area contributed by atoms with Crippen LogP contribution in [0, 0.1) is 5.92 Å². The van der Waals surface area contributed by atoms with E-state index in [0.717, 1.165) is 44.7 Å².